The van der Waals surface area contributed by atoms with E-state index in [2.05, 4.69) is 5.10 Å². The third kappa shape index (κ3) is 2.06. The molecule has 0 saturated carbocycles. The van der Waals surface area contributed by atoms with E-state index < -0.39 is 0 Å². The van der Waals surface area contributed by atoms with E-state index in [1.54, 1.807) is 10.7 Å². The van der Waals surface area contributed by atoms with E-state index in [0.29, 0.717) is 17.3 Å². The number of aromatic hydroxyl groups is 1. The fourth-order valence-electron chi connectivity index (χ4n) is 2.63. The van der Waals surface area contributed by atoms with Crippen LogP contribution >= 0.6 is 0 Å². The molecule has 0 saturated heterocycles. The summed E-state index contributed by atoms with van der Waals surface area (Å²) in [4.78, 5) is 0. The van der Waals surface area contributed by atoms with Crippen molar-refractivity contribution >= 4 is 5.82 Å². The van der Waals surface area contributed by atoms with Crippen LogP contribution < -0.4 is 5.73 Å². The second-order valence-corrected chi connectivity index (χ2v) is 5.56. The summed E-state index contributed by atoms with van der Waals surface area (Å²) in [6.45, 7) is 7.63. The van der Waals surface area contributed by atoms with Crippen LogP contribution in [0.5, 0.6) is 5.75 Å². The smallest absolute Gasteiger partial charge is 0.154 e. The highest BCUT2D eigenvalue weighted by Gasteiger charge is 2.20. The molecule has 0 atom stereocenters. The molecule has 3 N–H and O–H groups in total. The molecule has 2 heterocycles. The van der Waals surface area contributed by atoms with Gasteiger partial charge in [0.15, 0.2) is 5.76 Å². The fourth-order valence-corrected chi connectivity index (χ4v) is 2.63. The Morgan fingerprint density at radius 3 is 2.41 bits per heavy atom. The van der Waals surface area contributed by atoms with E-state index in [-0.39, 0.29) is 5.75 Å². The van der Waals surface area contributed by atoms with Crippen LogP contribution in [0, 0.1) is 27.7 Å². The van der Waals surface area contributed by atoms with Crippen LogP contribution in [0.15, 0.2) is 28.7 Å². The Balaban J connectivity index is 2.24. The van der Waals surface area contributed by atoms with Crippen molar-refractivity contribution in [3.63, 3.8) is 0 Å². The minimum absolute atomic E-state index is 0.226. The zero-order valence-corrected chi connectivity index (χ0v) is 13.1. The van der Waals surface area contributed by atoms with Gasteiger partial charge in [0.25, 0.3) is 0 Å². The van der Waals surface area contributed by atoms with Crippen LogP contribution in [0.4, 0.5) is 5.82 Å². The summed E-state index contributed by atoms with van der Waals surface area (Å²) in [5.41, 5.74) is 10.4. The van der Waals surface area contributed by atoms with E-state index >= 15 is 0 Å². The maximum Gasteiger partial charge on any atom is 0.154 e. The van der Waals surface area contributed by atoms with Gasteiger partial charge >= 0.3 is 0 Å². The van der Waals surface area contributed by atoms with Crippen molar-refractivity contribution in [1.29, 1.82) is 0 Å². The van der Waals surface area contributed by atoms with Crippen LogP contribution in [0.3, 0.4) is 0 Å². The molecular weight excluding hydrogens is 278 g/mol. The summed E-state index contributed by atoms with van der Waals surface area (Å²) in [6, 6.07) is 7.31. The predicted octanol–water partition coefficient (Wildman–Crippen LogP) is 3.65. The number of nitrogen functional groups attached to an aromatic ring is 1. The Labute approximate surface area is 129 Å². The minimum atomic E-state index is 0.226. The Bertz CT molecular complexity index is 859. The molecule has 0 aliphatic carbocycles. The summed E-state index contributed by atoms with van der Waals surface area (Å²) in [5.74, 6) is 2.28. The standard InChI is InChI=1S/C17H19N3O2/c1-9-5-7-13(21)11(3)16(9)20-17(18)12(4)15(19-20)14-8-6-10(2)22-14/h5-8,21H,18H2,1-4H3. The summed E-state index contributed by atoms with van der Waals surface area (Å²) in [6.07, 6.45) is 0. The molecule has 0 aliphatic rings. The van der Waals surface area contributed by atoms with Crippen molar-refractivity contribution in [2.45, 2.75) is 27.7 Å². The molecule has 3 aromatic rings. The van der Waals surface area contributed by atoms with Crippen LogP contribution in [0.1, 0.15) is 22.5 Å². The molecule has 0 spiro atoms. The second kappa shape index (κ2) is 4.94. The van der Waals surface area contributed by atoms with Gasteiger partial charge in [-0.3, -0.25) is 0 Å². The first-order valence-electron chi connectivity index (χ1n) is 7.11. The number of phenols is 1. The number of furan rings is 1. The highest BCUT2D eigenvalue weighted by molar-refractivity contribution is 5.67. The first-order valence-corrected chi connectivity index (χ1v) is 7.11. The number of phenolic OH excluding ortho intramolecular Hbond substituents is 1. The van der Waals surface area contributed by atoms with Crippen LogP contribution in [0.2, 0.25) is 0 Å². The van der Waals surface area contributed by atoms with Crippen molar-refractivity contribution in [1.82, 2.24) is 9.78 Å². The van der Waals surface area contributed by atoms with Crippen molar-refractivity contribution in [3.05, 3.63) is 46.7 Å². The fraction of sp³-hybridized carbons (Fsp3) is 0.235. The number of aryl methyl sites for hydroxylation is 2. The van der Waals surface area contributed by atoms with E-state index in [0.717, 1.165) is 28.1 Å². The first-order chi connectivity index (χ1) is 10.4. The number of hydrogen-bond acceptors (Lipinski definition) is 4. The number of rotatable bonds is 2. The minimum Gasteiger partial charge on any atom is -0.508 e. The quantitative estimate of drug-likeness (QED) is 0.757. The molecule has 1 aromatic carbocycles. The number of benzene rings is 1. The molecule has 0 radical (unpaired) electrons. The molecule has 114 valence electrons. The van der Waals surface area contributed by atoms with Gasteiger partial charge in [-0.15, -0.1) is 0 Å². The molecule has 5 heteroatoms. The van der Waals surface area contributed by atoms with Gasteiger partial charge in [0.1, 0.15) is 23.0 Å². The van der Waals surface area contributed by atoms with E-state index in [9.17, 15) is 5.11 Å². The van der Waals surface area contributed by atoms with Gasteiger partial charge in [-0.25, -0.2) is 4.68 Å². The van der Waals surface area contributed by atoms with Crippen LogP contribution in [0.25, 0.3) is 17.1 Å². The number of hydrogen-bond donors (Lipinski definition) is 2. The van der Waals surface area contributed by atoms with E-state index in [1.165, 1.54) is 0 Å². The molecule has 0 unspecified atom stereocenters. The maximum atomic E-state index is 9.97. The molecule has 0 amide bonds. The topological polar surface area (TPSA) is 77.2 Å². The third-order valence-electron chi connectivity index (χ3n) is 3.96. The highest BCUT2D eigenvalue weighted by Crippen LogP contribution is 2.33. The zero-order chi connectivity index (χ0) is 16.0. The Hall–Kier alpha value is -2.69. The lowest BCUT2D eigenvalue weighted by atomic mass is 10.1. The normalized spacial score (nSPS) is 11.1. The average Bonchev–Trinajstić information content (AvgIpc) is 3.02. The Kier molecular flexibility index (Phi) is 3.20. The summed E-state index contributed by atoms with van der Waals surface area (Å²) >= 11 is 0. The van der Waals surface area contributed by atoms with Crippen molar-refractivity contribution in [3.8, 4) is 22.9 Å². The van der Waals surface area contributed by atoms with E-state index in [4.69, 9.17) is 10.2 Å². The highest BCUT2D eigenvalue weighted by atomic mass is 16.3. The van der Waals surface area contributed by atoms with Crippen molar-refractivity contribution < 1.29 is 9.52 Å². The third-order valence-corrected chi connectivity index (χ3v) is 3.96. The van der Waals surface area contributed by atoms with Gasteiger partial charge in [0.2, 0.25) is 0 Å². The lowest BCUT2D eigenvalue weighted by Crippen LogP contribution is -2.06. The molecule has 0 aliphatic heterocycles. The number of aromatic nitrogens is 2. The molecule has 2 aromatic heterocycles. The van der Waals surface area contributed by atoms with Gasteiger partial charge in [-0.1, -0.05) is 6.07 Å². The summed E-state index contributed by atoms with van der Waals surface area (Å²) < 4.78 is 7.33. The molecule has 5 nitrogen and oxygen atoms in total. The monoisotopic (exact) mass is 297 g/mol. The zero-order valence-electron chi connectivity index (χ0n) is 13.1. The van der Waals surface area contributed by atoms with Crippen molar-refractivity contribution in [2.75, 3.05) is 5.73 Å². The molecule has 3 rings (SSSR count). The van der Waals surface area contributed by atoms with Gasteiger partial charge in [-0.2, -0.15) is 5.10 Å². The maximum absolute atomic E-state index is 9.97. The van der Waals surface area contributed by atoms with Crippen molar-refractivity contribution in [2.24, 2.45) is 0 Å². The average molecular weight is 297 g/mol. The number of anilines is 1. The second-order valence-electron chi connectivity index (χ2n) is 5.56. The SMILES string of the molecule is Cc1ccc(-c2nn(-c3c(C)ccc(O)c3C)c(N)c2C)o1. The number of nitrogens with zero attached hydrogens (tertiary/aromatic N) is 2. The van der Waals surface area contributed by atoms with Crippen LogP contribution in [-0.4, -0.2) is 14.9 Å². The van der Waals surface area contributed by atoms with Gasteiger partial charge < -0.3 is 15.3 Å². The summed E-state index contributed by atoms with van der Waals surface area (Å²) in [5, 5.41) is 14.6. The lowest BCUT2D eigenvalue weighted by Gasteiger charge is -2.12. The molecule has 0 fully saturated rings. The molecule has 0 bridgehead atoms. The Morgan fingerprint density at radius 1 is 1.05 bits per heavy atom. The Morgan fingerprint density at radius 2 is 1.77 bits per heavy atom. The van der Waals surface area contributed by atoms with E-state index in [1.807, 2.05) is 45.9 Å². The first kappa shape index (κ1) is 14.3. The lowest BCUT2D eigenvalue weighted by molar-refractivity contribution is 0.470. The number of nitrogens with two attached hydrogens (primary N) is 1. The largest absolute Gasteiger partial charge is 0.508 e. The predicted molar refractivity (Wildman–Crippen MR) is 86.3 cm³/mol. The summed E-state index contributed by atoms with van der Waals surface area (Å²) in [7, 11) is 0. The van der Waals surface area contributed by atoms with Crippen LogP contribution in [-0.2, 0) is 0 Å². The van der Waals surface area contributed by atoms with Gasteiger partial charge in [-0.05, 0) is 51.5 Å². The van der Waals surface area contributed by atoms with Gasteiger partial charge in [0.05, 0.1) is 5.69 Å². The van der Waals surface area contributed by atoms with Gasteiger partial charge in [0, 0.05) is 11.1 Å². The molecule has 22 heavy (non-hydrogen) atoms. The molecular formula is C17H19N3O2.